The van der Waals surface area contributed by atoms with Gasteiger partial charge in [-0.3, -0.25) is 14.5 Å². The lowest BCUT2D eigenvalue weighted by Gasteiger charge is -2.31. The fourth-order valence-corrected chi connectivity index (χ4v) is 3.60. The second-order valence-corrected chi connectivity index (χ2v) is 6.12. The smallest absolute Gasteiger partial charge is 0.224 e. The molecule has 4 rings (SSSR count). The van der Waals surface area contributed by atoms with Gasteiger partial charge in [0.2, 0.25) is 5.91 Å². The quantitative estimate of drug-likeness (QED) is 0.867. The van der Waals surface area contributed by atoms with Crippen molar-refractivity contribution in [2.75, 3.05) is 10.2 Å². The Morgan fingerprint density at radius 3 is 2.79 bits per heavy atom. The Bertz CT molecular complexity index is 836. The van der Waals surface area contributed by atoms with E-state index in [4.69, 9.17) is 4.42 Å². The number of nitrogens with zero attached hydrogens (tertiary/aromatic N) is 1. The number of hydrogen-bond donors (Lipinski definition) is 1. The zero-order valence-electron chi connectivity index (χ0n) is 13.4. The van der Waals surface area contributed by atoms with Crippen LogP contribution >= 0.6 is 0 Å². The molecule has 1 unspecified atom stereocenters. The van der Waals surface area contributed by atoms with E-state index >= 15 is 0 Å². The number of ketones is 1. The van der Waals surface area contributed by atoms with Crippen LogP contribution in [-0.2, 0) is 9.59 Å². The van der Waals surface area contributed by atoms with E-state index in [1.807, 2.05) is 30.3 Å². The van der Waals surface area contributed by atoms with E-state index in [1.165, 1.54) is 6.92 Å². The summed E-state index contributed by atoms with van der Waals surface area (Å²) in [5.74, 6) is 0.549. The number of furan rings is 1. The molecule has 2 heterocycles. The maximum absolute atomic E-state index is 12.7. The van der Waals surface area contributed by atoms with Gasteiger partial charge in [0, 0.05) is 24.6 Å². The summed E-state index contributed by atoms with van der Waals surface area (Å²) in [6, 6.07) is 10.7. The highest BCUT2D eigenvalue weighted by Crippen LogP contribution is 2.44. The first-order valence-electron chi connectivity index (χ1n) is 8.12. The third-order valence-electron chi connectivity index (χ3n) is 4.59. The normalized spacial score (nSPS) is 20.1. The highest BCUT2D eigenvalue weighted by atomic mass is 16.3. The summed E-state index contributed by atoms with van der Waals surface area (Å²) < 4.78 is 5.61. The molecule has 5 nitrogen and oxygen atoms in total. The van der Waals surface area contributed by atoms with Crippen LogP contribution in [0, 0.1) is 0 Å². The minimum Gasteiger partial charge on any atom is -0.467 e. The van der Waals surface area contributed by atoms with E-state index < -0.39 is 6.04 Å². The van der Waals surface area contributed by atoms with Gasteiger partial charge in [0.1, 0.15) is 11.8 Å². The van der Waals surface area contributed by atoms with Crippen LogP contribution in [0.4, 0.5) is 11.4 Å². The number of nitrogens with one attached hydrogen (secondary N) is 1. The fraction of sp³-hybridized carbons (Fsp3) is 0.263. The Hall–Kier alpha value is -2.82. The van der Waals surface area contributed by atoms with Gasteiger partial charge in [-0.05, 0) is 37.1 Å². The molecule has 0 spiro atoms. The first-order chi connectivity index (χ1) is 11.7. The van der Waals surface area contributed by atoms with E-state index in [9.17, 15) is 9.59 Å². The number of hydrogen-bond acceptors (Lipinski definition) is 4. The third-order valence-corrected chi connectivity index (χ3v) is 4.59. The minimum absolute atomic E-state index is 0.0733. The van der Waals surface area contributed by atoms with Crippen LogP contribution in [0.15, 0.2) is 58.3 Å². The van der Waals surface area contributed by atoms with Crippen LogP contribution in [0.1, 0.15) is 38.0 Å². The number of amides is 1. The Morgan fingerprint density at radius 2 is 2.04 bits per heavy atom. The lowest BCUT2D eigenvalue weighted by atomic mass is 9.88. The van der Waals surface area contributed by atoms with Gasteiger partial charge in [0.15, 0.2) is 5.78 Å². The molecule has 1 N–H and O–H groups in total. The fourth-order valence-electron chi connectivity index (χ4n) is 3.60. The molecule has 1 aliphatic heterocycles. The Morgan fingerprint density at radius 1 is 1.21 bits per heavy atom. The summed E-state index contributed by atoms with van der Waals surface area (Å²) in [7, 11) is 0. The van der Waals surface area contributed by atoms with Gasteiger partial charge in [-0.25, -0.2) is 0 Å². The molecule has 24 heavy (non-hydrogen) atoms. The van der Waals surface area contributed by atoms with Gasteiger partial charge in [-0.1, -0.05) is 12.1 Å². The Balaban J connectivity index is 2.00. The number of benzene rings is 1. The van der Waals surface area contributed by atoms with Crippen LogP contribution in [0.2, 0.25) is 0 Å². The highest BCUT2D eigenvalue weighted by Gasteiger charge is 2.39. The lowest BCUT2D eigenvalue weighted by Crippen LogP contribution is -2.36. The molecular formula is C19H18N2O3. The van der Waals surface area contributed by atoms with Crippen LogP contribution in [0.25, 0.3) is 0 Å². The van der Waals surface area contributed by atoms with Crippen LogP contribution in [0.3, 0.4) is 0 Å². The maximum atomic E-state index is 12.7. The second kappa shape index (κ2) is 5.67. The molecule has 2 aromatic rings. The SMILES string of the molecule is CC(=O)N1c2ccccc2NC2=C(C(=O)CCC2)C1c1ccco1. The molecular weight excluding hydrogens is 304 g/mol. The number of rotatable bonds is 1. The molecule has 2 aliphatic rings. The van der Waals surface area contributed by atoms with Crippen molar-refractivity contribution in [3.05, 3.63) is 59.7 Å². The van der Waals surface area contributed by atoms with Crippen molar-refractivity contribution in [1.29, 1.82) is 0 Å². The number of Topliss-reactive ketones (excluding diaryl/α,β-unsaturated/α-hetero) is 1. The molecule has 1 aromatic carbocycles. The van der Waals surface area contributed by atoms with Crippen molar-refractivity contribution in [2.24, 2.45) is 0 Å². The number of fused-ring (bicyclic) bond motifs is 1. The number of para-hydroxylation sites is 2. The summed E-state index contributed by atoms with van der Waals surface area (Å²) in [6.45, 7) is 1.52. The standard InChI is InChI=1S/C19H18N2O3/c1-12(22)21-15-8-3-2-6-13(15)20-14-7-4-9-16(23)18(14)19(21)17-10-5-11-24-17/h2-3,5-6,8,10-11,19-20H,4,7,9H2,1H3. The number of carbonyl (C=O) groups excluding carboxylic acids is 2. The van der Waals surface area contributed by atoms with Crippen LogP contribution in [0.5, 0.6) is 0 Å². The molecule has 1 aromatic heterocycles. The van der Waals surface area contributed by atoms with Gasteiger partial charge >= 0.3 is 0 Å². The molecule has 1 aliphatic carbocycles. The monoisotopic (exact) mass is 322 g/mol. The summed E-state index contributed by atoms with van der Waals surface area (Å²) in [5, 5.41) is 3.39. The molecule has 1 amide bonds. The molecule has 0 saturated carbocycles. The summed E-state index contributed by atoms with van der Waals surface area (Å²) in [4.78, 5) is 26.9. The average Bonchev–Trinajstić information content (AvgIpc) is 3.03. The van der Waals surface area contributed by atoms with E-state index in [0.29, 0.717) is 17.8 Å². The zero-order chi connectivity index (χ0) is 16.7. The van der Waals surface area contributed by atoms with Gasteiger partial charge in [-0.2, -0.15) is 0 Å². The first kappa shape index (κ1) is 14.8. The van der Waals surface area contributed by atoms with Crippen molar-refractivity contribution in [3.8, 4) is 0 Å². The van der Waals surface area contributed by atoms with Crippen molar-refractivity contribution in [3.63, 3.8) is 0 Å². The minimum atomic E-state index is -0.531. The highest BCUT2D eigenvalue weighted by molar-refractivity contribution is 6.05. The predicted octanol–water partition coefficient (Wildman–Crippen LogP) is 3.81. The van der Waals surface area contributed by atoms with Gasteiger partial charge in [0.25, 0.3) is 0 Å². The lowest BCUT2D eigenvalue weighted by molar-refractivity contribution is -0.117. The van der Waals surface area contributed by atoms with E-state index in [-0.39, 0.29) is 11.7 Å². The summed E-state index contributed by atoms with van der Waals surface area (Å²) in [5.41, 5.74) is 3.13. The van der Waals surface area contributed by atoms with Gasteiger partial charge < -0.3 is 9.73 Å². The van der Waals surface area contributed by atoms with Crippen LogP contribution < -0.4 is 10.2 Å². The number of allylic oxidation sites excluding steroid dienone is 1. The largest absolute Gasteiger partial charge is 0.467 e. The Kier molecular flexibility index (Phi) is 3.49. The molecule has 5 heteroatoms. The van der Waals surface area contributed by atoms with Crippen LogP contribution in [-0.4, -0.2) is 11.7 Å². The topological polar surface area (TPSA) is 62.6 Å². The van der Waals surface area contributed by atoms with Crippen molar-refractivity contribution in [1.82, 2.24) is 0 Å². The van der Waals surface area contributed by atoms with Crippen molar-refractivity contribution in [2.45, 2.75) is 32.2 Å². The summed E-state index contributed by atoms with van der Waals surface area (Å²) in [6.07, 6.45) is 3.68. The van der Waals surface area contributed by atoms with E-state index in [0.717, 1.165) is 29.9 Å². The zero-order valence-corrected chi connectivity index (χ0v) is 13.4. The van der Waals surface area contributed by atoms with Crippen molar-refractivity contribution < 1.29 is 14.0 Å². The summed E-state index contributed by atoms with van der Waals surface area (Å²) >= 11 is 0. The van der Waals surface area contributed by atoms with Crippen molar-refractivity contribution >= 4 is 23.1 Å². The third kappa shape index (κ3) is 2.24. The molecule has 0 saturated heterocycles. The molecule has 1 atom stereocenters. The van der Waals surface area contributed by atoms with E-state index in [2.05, 4.69) is 5.32 Å². The second-order valence-electron chi connectivity index (χ2n) is 6.12. The maximum Gasteiger partial charge on any atom is 0.224 e. The predicted molar refractivity (Wildman–Crippen MR) is 90.6 cm³/mol. The first-order valence-corrected chi connectivity index (χ1v) is 8.12. The Labute approximate surface area is 139 Å². The number of anilines is 2. The molecule has 122 valence electrons. The molecule has 0 fully saturated rings. The van der Waals surface area contributed by atoms with E-state index in [1.54, 1.807) is 17.2 Å². The molecule has 0 bridgehead atoms. The number of carbonyl (C=O) groups is 2. The van der Waals surface area contributed by atoms with Gasteiger partial charge in [-0.15, -0.1) is 0 Å². The average molecular weight is 322 g/mol. The molecule has 0 radical (unpaired) electrons. The van der Waals surface area contributed by atoms with Gasteiger partial charge in [0.05, 0.1) is 17.6 Å².